The fourth-order valence-corrected chi connectivity index (χ4v) is 2.06. The number of ether oxygens (including phenoxy) is 1. The van der Waals surface area contributed by atoms with Crippen LogP contribution >= 0.6 is 27.5 Å². The monoisotopic (exact) mass is 358 g/mol. The summed E-state index contributed by atoms with van der Waals surface area (Å²) in [5.74, 6) is -1.19. The fourth-order valence-electron chi connectivity index (χ4n) is 1.54. The molecule has 0 fully saturated rings. The van der Waals surface area contributed by atoms with Gasteiger partial charge in [0.15, 0.2) is 0 Å². The number of carboxylic acid groups (broad SMARTS) is 1. The molecular formula is C14H9BrClFO3. The van der Waals surface area contributed by atoms with E-state index in [1.54, 1.807) is 12.1 Å². The summed E-state index contributed by atoms with van der Waals surface area (Å²) in [4.78, 5) is 10.9. The van der Waals surface area contributed by atoms with Gasteiger partial charge in [0, 0.05) is 10.6 Å². The fraction of sp³-hybridized carbons (Fsp3) is 0.0714. The molecular weight excluding hydrogens is 351 g/mol. The van der Waals surface area contributed by atoms with Gasteiger partial charge in [-0.3, -0.25) is 0 Å². The molecule has 6 heteroatoms. The molecule has 0 aliphatic heterocycles. The van der Waals surface area contributed by atoms with Crippen molar-refractivity contribution in [3.05, 3.63) is 62.8 Å². The Bertz CT molecular complexity index is 661. The SMILES string of the molecule is O=C(O)c1ccc(Br)c(OCc2ccc(Cl)cc2F)c1. The van der Waals surface area contributed by atoms with Crippen molar-refractivity contribution in [2.45, 2.75) is 6.61 Å². The van der Waals surface area contributed by atoms with Gasteiger partial charge in [-0.1, -0.05) is 17.7 Å². The highest BCUT2D eigenvalue weighted by molar-refractivity contribution is 9.10. The minimum absolute atomic E-state index is 0.0231. The Morgan fingerprint density at radius 1 is 1.30 bits per heavy atom. The number of aromatic carboxylic acids is 1. The average Bonchev–Trinajstić information content (AvgIpc) is 2.39. The van der Waals surface area contributed by atoms with Crippen molar-refractivity contribution in [2.75, 3.05) is 0 Å². The molecule has 0 bridgehead atoms. The van der Waals surface area contributed by atoms with E-state index in [1.165, 1.54) is 24.3 Å². The van der Waals surface area contributed by atoms with Crippen molar-refractivity contribution in [2.24, 2.45) is 0 Å². The van der Waals surface area contributed by atoms with Gasteiger partial charge in [-0.25, -0.2) is 9.18 Å². The summed E-state index contributed by atoms with van der Waals surface area (Å²) in [6.45, 7) is -0.0231. The van der Waals surface area contributed by atoms with Crippen LogP contribution in [0.2, 0.25) is 5.02 Å². The summed E-state index contributed by atoms with van der Waals surface area (Å²) in [7, 11) is 0. The molecule has 0 unspecified atom stereocenters. The van der Waals surface area contributed by atoms with Crippen LogP contribution < -0.4 is 4.74 Å². The summed E-state index contributed by atoms with van der Waals surface area (Å²) in [5.41, 5.74) is 0.432. The van der Waals surface area contributed by atoms with Gasteiger partial charge >= 0.3 is 5.97 Å². The zero-order chi connectivity index (χ0) is 14.7. The standard InChI is InChI=1S/C14H9BrClFO3/c15-11-4-2-8(14(18)19)5-13(11)20-7-9-1-3-10(16)6-12(9)17/h1-6H,7H2,(H,18,19). The number of carbonyl (C=O) groups is 1. The number of hydrogen-bond donors (Lipinski definition) is 1. The maximum atomic E-state index is 13.6. The third kappa shape index (κ3) is 3.49. The maximum absolute atomic E-state index is 13.6. The zero-order valence-corrected chi connectivity index (χ0v) is 12.4. The molecule has 20 heavy (non-hydrogen) atoms. The van der Waals surface area contributed by atoms with Gasteiger partial charge in [-0.15, -0.1) is 0 Å². The van der Waals surface area contributed by atoms with Crippen molar-refractivity contribution < 1.29 is 19.0 Å². The topological polar surface area (TPSA) is 46.5 Å². The zero-order valence-electron chi connectivity index (χ0n) is 10.1. The van der Waals surface area contributed by atoms with E-state index in [-0.39, 0.29) is 12.2 Å². The lowest BCUT2D eigenvalue weighted by molar-refractivity contribution is 0.0696. The second kappa shape index (κ2) is 6.24. The Morgan fingerprint density at radius 2 is 2.05 bits per heavy atom. The van der Waals surface area contributed by atoms with Gasteiger partial charge in [0.1, 0.15) is 18.2 Å². The average molecular weight is 360 g/mol. The second-order valence-corrected chi connectivity index (χ2v) is 5.27. The molecule has 0 atom stereocenters. The molecule has 0 aliphatic carbocycles. The molecule has 0 aliphatic rings. The highest BCUT2D eigenvalue weighted by atomic mass is 79.9. The van der Waals surface area contributed by atoms with E-state index >= 15 is 0 Å². The highest BCUT2D eigenvalue weighted by Gasteiger charge is 2.09. The van der Waals surface area contributed by atoms with Crippen LogP contribution in [0.25, 0.3) is 0 Å². The molecule has 0 heterocycles. The molecule has 0 saturated heterocycles. The number of halogens is 3. The van der Waals surface area contributed by atoms with E-state index < -0.39 is 11.8 Å². The number of benzene rings is 2. The van der Waals surface area contributed by atoms with Crippen LogP contribution in [0, 0.1) is 5.82 Å². The van der Waals surface area contributed by atoms with Gasteiger partial charge in [0.05, 0.1) is 10.0 Å². The predicted molar refractivity (Wildman–Crippen MR) is 76.8 cm³/mol. The Kier molecular flexibility index (Phi) is 4.62. The largest absolute Gasteiger partial charge is 0.488 e. The lowest BCUT2D eigenvalue weighted by Gasteiger charge is -2.10. The molecule has 2 rings (SSSR count). The van der Waals surface area contributed by atoms with Crippen molar-refractivity contribution in [3.63, 3.8) is 0 Å². The Balaban J connectivity index is 2.18. The third-order valence-corrected chi connectivity index (χ3v) is 3.47. The number of carboxylic acids is 1. The van der Waals surface area contributed by atoms with E-state index in [0.717, 1.165) is 0 Å². The Morgan fingerprint density at radius 3 is 2.70 bits per heavy atom. The Hall–Kier alpha value is -1.59. The molecule has 0 aromatic heterocycles. The molecule has 0 spiro atoms. The van der Waals surface area contributed by atoms with Gasteiger partial charge in [0.25, 0.3) is 0 Å². The quantitative estimate of drug-likeness (QED) is 0.873. The van der Waals surface area contributed by atoms with E-state index in [0.29, 0.717) is 20.8 Å². The molecule has 104 valence electrons. The van der Waals surface area contributed by atoms with Crippen molar-refractivity contribution in [1.29, 1.82) is 0 Å². The van der Waals surface area contributed by atoms with Crippen molar-refractivity contribution in [3.8, 4) is 5.75 Å². The van der Waals surface area contributed by atoms with E-state index in [1.807, 2.05) is 0 Å². The maximum Gasteiger partial charge on any atom is 0.335 e. The first kappa shape index (κ1) is 14.8. The molecule has 0 saturated carbocycles. The predicted octanol–water partition coefficient (Wildman–Crippen LogP) is 4.52. The van der Waals surface area contributed by atoms with Gasteiger partial charge in [-0.05, 0) is 46.3 Å². The summed E-state index contributed by atoms with van der Waals surface area (Å²) in [5, 5.41) is 9.22. The van der Waals surface area contributed by atoms with Crippen LogP contribution in [-0.2, 0) is 6.61 Å². The summed E-state index contributed by atoms with van der Waals surface area (Å²) < 4.78 is 19.6. The summed E-state index contributed by atoms with van der Waals surface area (Å²) in [6.07, 6.45) is 0. The van der Waals surface area contributed by atoms with Gasteiger partial charge in [-0.2, -0.15) is 0 Å². The number of rotatable bonds is 4. The molecule has 2 aromatic rings. The smallest absolute Gasteiger partial charge is 0.335 e. The van der Waals surface area contributed by atoms with Gasteiger partial charge < -0.3 is 9.84 Å². The lowest BCUT2D eigenvalue weighted by Crippen LogP contribution is -2.01. The Labute approximate surface area is 128 Å². The van der Waals surface area contributed by atoms with E-state index in [4.69, 9.17) is 21.4 Å². The first-order valence-electron chi connectivity index (χ1n) is 5.57. The van der Waals surface area contributed by atoms with Crippen LogP contribution in [-0.4, -0.2) is 11.1 Å². The van der Waals surface area contributed by atoms with Gasteiger partial charge in [0.2, 0.25) is 0 Å². The highest BCUT2D eigenvalue weighted by Crippen LogP contribution is 2.27. The van der Waals surface area contributed by atoms with Crippen LogP contribution in [0.4, 0.5) is 4.39 Å². The van der Waals surface area contributed by atoms with Crippen LogP contribution in [0.5, 0.6) is 5.75 Å². The molecule has 3 nitrogen and oxygen atoms in total. The second-order valence-electron chi connectivity index (χ2n) is 3.97. The third-order valence-electron chi connectivity index (χ3n) is 2.58. The number of hydrogen-bond acceptors (Lipinski definition) is 2. The lowest BCUT2D eigenvalue weighted by atomic mass is 10.2. The van der Waals surface area contributed by atoms with Crippen LogP contribution in [0.1, 0.15) is 15.9 Å². The van der Waals surface area contributed by atoms with Crippen molar-refractivity contribution in [1.82, 2.24) is 0 Å². The van der Waals surface area contributed by atoms with Crippen LogP contribution in [0.3, 0.4) is 0 Å². The minimum atomic E-state index is -1.06. The van der Waals surface area contributed by atoms with Crippen LogP contribution in [0.15, 0.2) is 40.9 Å². The van der Waals surface area contributed by atoms with Crippen molar-refractivity contribution >= 4 is 33.5 Å². The normalized spacial score (nSPS) is 10.3. The summed E-state index contributed by atoms with van der Waals surface area (Å²) in [6, 6.07) is 8.67. The first-order valence-corrected chi connectivity index (χ1v) is 6.74. The summed E-state index contributed by atoms with van der Waals surface area (Å²) >= 11 is 8.91. The molecule has 0 radical (unpaired) electrons. The molecule has 0 amide bonds. The van der Waals surface area contributed by atoms with E-state index in [2.05, 4.69) is 15.9 Å². The minimum Gasteiger partial charge on any atom is -0.488 e. The molecule has 2 aromatic carbocycles. The van der Waals surface area contributed by atoms with E-state index in [9.17, 15) is 9.18 Å². The molecule has 1 N–H and O–H groups in total. The first-order chi connectivity index (χ1) is 9.47.